The molecule has 11 heteroatoms. The van der Waals surface area contributed by atoms with Crippen molar-refractivity contribution in [3.05, 3.63) is 124 Å². The maximum atomic E-state index is 13.6. The largest absolute Gasteiger partial charge is 0.497 e. The number of halogens is 2. The highest BCUT2D eigenvalue weighted by Crippen LogP contribution is 2.21. The summed E-state index contributed by atoms with van der Waals surface area (Å²) in [4.78, 5) is 38.5. The Balaban J connectivity index is 1.25. The van der Waals surface area contributed by atoms with E-state index < -0.39 is 23.1 Å². The molecular weight excluding hydrogens is 530 g/mol. The molecule has 0 aliphatic heterocycles. The molecule has 3 aromatic carbocycles. The number of ether oxygens (including phenoxy) is 1. The van der Waals surface area contributed by atoms with Crippen LogP contribution >= 0.6 is 0 Å². The van der Waals surface area contributed by atoms with E-state index in [-0.39, 0.29) is 18.7 Å². The fourth-order valence-electron chi connectivity index (χ4n) is 4.30. The predicted molar refractivity (Wildman–Crippen MR) is 150 cm³/mol. The average Bonchev–Trinajstić information content (AvgIpc) is 2.99. The molecule has 0 atom stereocenters. The van der Waals surface area contributed by atoms with Crippen LogP contribution in [0, 0.1) is 11.6 Å². The van der Waals surface area contributed by atoms with Gasteiger partial charge in [-0.1, -0.05) is 24.3 Å². The molecular formula is C30H26F2N6O3. The van der Waals surface area contributed by atoms with E-state index in [4.69, 9.17) is 4.74 Å². The fourth-order valence-corrected chi connectivity index (χ4v) is 4.30. The zero-order valence-corrected chi connectivity index (χ0v) is 22.1. The number of rotatable bonds is 10. The Morgan fingerprint density at radius 1 is 0.951 bits per heavy atom. The molecule has 2 N–H and O–H groups in total. The van der Waals surface area contributed by atoms with Crippen LogP contribution in [0.2, 0.25) is 0 Å². The highest BCUT2D eigenvalue weighted by Gasteiger charge is 2.14. The molecule has 0 spiro atoms. The minimum atomic E-state index is -1.02. The Morgan fingerprint density at radius 2 is 1.73 bits per heavy atom. The van der Waals surface area contributed by atoms with Gasteiger partial charge in [0.2, 0.25) is 0 Å². The van der Waals surface area contributed by atoms with Crippen LogP contribution in [0.4, 0.5) is 14.6 Å². The second-order valence-electron chi connectivity index (χ2n) is 9.27. The number of nitrogens with one attached hydrogen (secondary N) is 2. The van der Waals surface area contributed by atoms with Crippen molar-refractivity contribution < 1.29 is 18.3 Å². The monoisotopic (exact) mass is 556 g/mol. The molecule has 9 nitrogen and oxygen atoms in total. The van der Waals surface area contributed by atoms with Gasteiger partial charge in [-0.25, -0.2) is 23.7 Å². The summed E-state index contributed by atoms with van der Waals surface area (Å²) in [7, 11) is 1.63. The van der Waals surface area contributed by atoms with E-state index in [0.717, 1.165) is 46.3 Å². The maximum Gasteiger partial charge on any atom is 0.266 e. The number of fused-ring (bicyclic) bond motifs is 1. The van der Waals surface area contributed by atoms with Crippen LogP contribution in [0.25, 0.3) is 10.9 Å². The van der Waals surface area contributed by atoms with Gasteiger partial charge in [-0.15, -0.1) is 0 Å². The predicted octanol–water partition coefficient (Wildman–Crippen LogP) is 4.11. The molecule has 2 heterocycles. The van der Waals surface area contributed by atoms with Crippen molar-refractivity contribution in [2.24, 2.45) is 0 Å². The van der Waals surface area contributed by atoms with Crippen LogP contribution in [0.15, 0.2) is 84.3 Å². The quantitative estimate of drug-likeness (QED) is 0.266. The van der Waals surface area contributed by atoms with Gasteiger partial charge < -0.3 is 15.4 Å². The van der Waals surface area contributed by atoms with Crippen LogP contribution in [-0.2, 0) is 19.5 Å². The SMILES string of the molecule is COc1ccc(CCNc2ncnc3ccc(CNC(=O)c4cncn(Cc5ccc(F)c(F)c5)c4=O)cc23)cc1. The maximum absolute atomic E-state index is 13.6. The first-order valence-electron chi connectivity index (χ1n) is 12.8. The molecule has 1 amide bonds. The molecule has 0 radical (unpaired) electrons. The molecule has 2 aromatic heterocycles. The van der Waals surface area contributed by atoms with Gasteiger partial charge in [-0.3, -0.25) is 14.2 Å². The number of nitrogens with zero attached hydrogens (tertiary/aromatic N) is 4. The van der Waals surface area contributed by atoms with Gasteiger partial charge in [0.25, 0.3) is 11.5 Å². The third kappa shape index (κ3) is 6.52. The lowest BCUT2D eigenvalue weighted by molar-refractivity contribution is 0.0948. The second kappa shape index (κ2) is 12.3. The van der Waals surface area contributed by atoms with Crippen molar-refractivity contribution in [2.45, 2.75) is 19.5 Å². The Labute approximate surface area is 233 Å². The van der Waals surface area contributed by atoms with Crippen molar-refractivity contribution >= 4 is 22.6 Å². The van der Waals surface area contributed by atoms with E-state index in [9.17, 15) is 18.4 Å². The van der Waals surface area contributed by atoms with Crippen molar-refractivity contribution in [3.63, 3.8) is 0 Å². The van der Waals surface area contributed by atoms with Gasteiger partial charge in [0.15, 0.2) is 11.6 Å². The second-order valence-corrected chi connectivity index (χ2v) is 9.27. The van der Waals surface area contributed by atoms with Crippen LogP contribution in [0.3, 0.4) is 0 Å². The van der Waals surface area contributed by atoms with Gasteiger partial charge >= 0.3 is 0 Å². The summed E-state index contributed by atoms with van der Waals surface area (Å²) in [6.45, 7) is 0.729. The third-order valence-corrected chi connectivity index (χ3v) is 6.50. The van der Waals surface area contributed by atoms with Crippen LogP contribution < -0.4 is 20.9 Å². The molecule has 5 rings (SSSR count). The average molecular weight is 557 g/mol. The zero-order valence-electron chi connectivity index (χ0n) is 22.1. The Bertz CT molecular complexity index is 1760. The fraction of sp³-hybridized carbons (Fsp3) is 0.167. The van der Waals surface area contributed by atoms with Crippen molar-refractivity contribution in [3.8, 4) is 5.75 Å². The van der Waals surface area contributed by atoms with E-state index in [2.05, 4.69) is 25.6 Å². The van der Waals surface area contributed by atoms with Crippen molar-refractivity contribution in [2.75, 3.05) is 19.0 Å². The summed E-state index contributed by atoms with van der Waals surface area (Å²) in [6, 6.07) is 16.8. The number of hydrogen-bond donors (Lipinski definition) is 2. The molecule has 0 aliphatic carbocycles. The lowest BCUT2D eigenvalue weighted by Crippen LogP contribution is -2.33. The minimum Gasteiger partial charge on any atom is -0.497 e. The molecule has 0 fully saturated rings. The molecule has 208 valence electrons. The third-order valence-electron chi connectivity index (χ3n) is 6.50. The van der Waals surface area contributed by atoms with E-state index in [1.807, 2.05) is 42.5 Å². The standard InChI is InChI=1S/C30H26F2N6O3/c1-41-22-6-2-19(3-7-22)10-11-34-28-23-12-20(5-9-27(23)36-17-37-28)14-35-29(39)24-15-33-18-38(30(24)40)16-21-4-8-25(31)26(32)13-21/h2-9,12-13,15,17-18H,10-11,14,16H2,1H3,(H,35,39)(H,34,36,37). The number of aromatic nitrogens is 4. The van der Waals surface area contributed by atoms with E-state index >= 15 is 0 Å². The number of amides is 1. The highest BCUT2D eigenvalue weighted by atomic mass is 19.2. The van der Waals surface area contributed by atoms with Crippen LogP contribution in [-0.4, -0.2) is 39.1 Å². The number of hydrogen-bond acceptors (Lipinski definition) is 7. The number of carbonyl (C=O) groups is 1. The van der Waals surface area contributed by atoms with Gasteiger partial charge in [0, 0.05) is 24.7 Å². The number of carbonyl (C=O) groups excluding carboxylic acids is 1. The molecule has 5 aromatic rings. The van der Waals surface area contributed by atoms with Gasteiger partial charge in [0.05, 0.1) is 25.5 Å². The van der Waals surface area contributed by atoms with E-state index in [1.165, 1.54) is 29.5 Å². The number of anilines is 1. The first-order valence-corrected chi connectivity index (χ1v) is 12.8. The summed E-state index contributed by atoms with van der Waals surface area (Å²) in [5.74, 6) is -1.13. The molecule has 0 unspecified atom stereocenters. The Kier molecular flexibility index (Phi) is 8.23. The summed E-state index contributed by atoms with van der Waals surface area (Å²) in [6.07, 6.45) is 4.70. The van der Waals surface area contributed by atoms with Gasteiger partial charge in [0.1, 0.15) is 23.5 Å². The Hall–Kier alpha value is -5.19. The number of methoxy groups -OCH3 is 1. The summed E-state index contributed by atoms with van der Waals surface area (Å²) in [5.41, 5.74) is 2.27. The minimum absolute atomic E-state index is 0.0664. The lowest BCUT2D eigenvalue weighted by Gasteiger charge is -2.11. The zero-order chi connectivity index (χ0) is 28.8. The van der Waals surface area contributed by atoms with Gasteiger partial charge in [-0.05, 0) is 59.5 Å². The number of benzene rings is 3. The van der Waals surface area contributed by atoms with Crippen LogP contribution in [0.1, 0.15) is 27.0 Å². The van der Waals surface area contributed by atoms with E-state index in [0.29, 0.717) is 17.9 Å². The van der Waals surface area contributed by atoms with Crippen molar-refractivity contribution in [1.82, 2.24) is 24.8 Å². The Morgan fingerprint density at radius 3 is 2.51 bits per heavy atom. The molecule has 0 saturated carbocycles. The smallest absolute Gasteiger partial charge is 0.266 e. The summed E-state index contributed by atoms with van der Waals surface area (Å²) in [5, 5.41) is 6.90. The summed E-state index contributed by atoms with van der Waals surface area (Å²) >= 11 is 0. The molecule has 0 bridgehead atoms. The van der Waals surface area contributed by atoms with E-state index in [1.54, 1.807) is 7.11 Å². The normalized spacial score (nSPS) is 10.9. The first kappa shape index (κ1) is 27.4. The highest BCUT2D eigenvalue weighted by molar-refractivity contribution is 5.93. The summed E-state index contributed by atoms with van der Waals surface area (Å²) < 4.78 is 33.2. The molecule has 41 heavy (non-hydrogen) atoms. The molecule has 0 saturated heterocycles. The van der Waals surface area contributed by atoms with Crippen molar-refractivity contribution in [1.29, 1.82) is 0 Å². The molecule has 0 aliphatic rings. The topological polar surface area (TPSA) is 111 Å². The first-order chi connectivity index (χ1) is 19.9. The van der Waals surface area contributed by atoms with Gasteiger partial charge in [-0.2, -0.15) is 0 Å². The van der Waals surface area contributed by atoms with Crippen LogP contribution in [0.5, 0.6) is 5.75 Å². The lowest BCUT2D eigenvalue weighted by atomic mass is 10.1.